The molecule has 0 spiro atoms. The van der Waals surface area contributed by atoms with Crippen molar-refractivity contribution in [2.45, 2.75) is 52.4 Å². The molecule has 0 aromatic rings. The second-order valence-electron chi connectivity index (χ2n) is 7.62. The van der Waals surface area contributed by atoms with Gasteiger partial charge in [0.15, 0.2) is 0 Å². The summed E-state index contributed by atoms with van der Waals surface area (Å²) >= 11 is 0. The lowest BCUT2D eigenvalue weighted by molar-refractivity contribution is -0.138. The van der Waals surface area contributed by atoms with E-state index in [0.717, 1.165) is 0 Å². The first-order valence-electron chi connectivity index (χ1n) is 10.1. The molecule has 30 heavy (non-hydrogen) atoms. The molecule has 1 aliphatic rings. The first-order chi connectivity index (χ1) is 14.0. The summed E-state index contributed by atoms with van der Waals surface area (Å²) in [5.41, 5.74) is 0. The van der Waals surface area contributed by atoms with Gasteiger partial charge in [-0.15, -0.1) is 0 Å². The largest absolute Gasteiger partial charge is 0.472 e. The lowest BCUT2D eigenvalue weighted by Gasteiger charge is -2.25. The average Bonchev–Trinajstić information content (AvgIpc) is 3.01. The zero-order chi connectivity index (χ0) is 22.7. The number of phosphoric acid groups is 1. The molecule has 1 heterocycles. The number of nitrogens with zero attached hydrogens (tertiary/aromatic N) is 1. The molecule has 1 unspecified atom stereocenters. The van der Waals surface area contributed by atoms with Gasteiger partial charge in [-0.05, 0) is 20.3 Å². The summed E-state index contributed by atoms with van der Waals surface area (Å²) in [7, 11) is -4.22. The van der Waals surface area contributed by atoms with E-state index in [1.54, 1.807) is 27.7 Å². The lowest BCUT2D eigenvalue weighted by atomic mass is 10.2. The van der Waals surface area contributed by atoms with Gasteiger partial charge in [-0.25, -0.2) is 4.57 Å². The van der Waals surface area contributed by atoms with Crippen LogP contribution in [0.5, 0.6) is 0 Å². The molecule has 1 aliphatic heterocycles. The molecule has 0 bridgehead atoms. The molecule has 0 saturated carbocycles. The van der Waals surface area contributed by atoms with Gasteiger partial charge in [-0.2, -0.15) is 0 Å². The van der Waals surface area contributed by atoms with Gasteiger partial charge in [-0.3, -0.25) is 18.6 Å². The van der Waals surface area contributed by atoms with Crippen LogP contribution >= 0.6 is 7.82 Å². The van der Waals surface area contributed by atoms with Gasteiger partial charge in [-0.1, -0.05) is 13.8 Å². The maximum absolute atomic E-state index is 12.4. The Bertz CT molecular complexity index is 588. The zero-order valence-electron chi connectivity index (χ0n) is 18.1. The highest BCUT2D eigenvalue weighted by Gasteiger charge is 2.36. The summed E-state index contributed by atoms with van der Waals surface area (Å²) in [6.45, 7) is 7.67. The minimum Gasteiger partial charge on any atom is -0.391 e. The van der Waals surface area contributed by atoms with Crippen molar-refractivity contribution in [3.63, 3.8) is 0 Å². The minimum atomic E-state index is -4.22. The molecular formula is C18H35N2O9P. The molecule has 3 N–H and O–H groups in total. The van der Waals surface area contributed by atoms with Crippen LogP contribution in [0, 0.1) is 5.92 Å². The van der Waals surface area contributed by atoms with Crippen molar-refractivity contribution >= 4 is 19.6 Å². The first kappa shape index (κ1) is 27.0. The number of hydrogen-bond acceptors (Lipinski definition) is 8. The van der Waals surface area contributed by atoms with E-state index in [-0.39, 0.29) is 57.1 Å². The number of carbonyl (C=O) groups excluding carboxylic acids is 2. The molecule has 1 fully saturated rings. The highest BCUT2D eigenvalue weighted by Crippen LogP contribution is 2.45. The summed E-state index contributed by atoms with van der Waals surface area (Å²) in [5.74, 6) is -0.480. The van der Waals surface area contributed by atoms with Gasteiger partial charge in [0.25, 0.3) is 0 Å². The Morgan fingerprint density at radius 2 is 1.83 bits per heavy atom. The van der Waals surface area contributed by atoms with Crippen molar-refractivity contribution in [1.82, 2.24) is 10.2 Å². The number of aliphatic hydroxyl groups excluding tert-OH is 1. The number of aliphatic hydroxyl groups is 1. The maximum atomic E-state index is 12.4. The fourth-order valence-corrected chi connectivity index (χ4v) is 3.70. The Labute approximate surface area is 177 Å². The molecule has 12 heteroatoms. The zero-order valence-corrected chi connectivity index (χ0v) is 19.0. The van der Waals surface area contributed by atoms with E-state index in [0.29, 0.717) is 13.2 Å². The highest BCUT2D eigenvalue weighted by atomic mass is 31.2. The van der Waals surface area contributed by atoms with Gasteiger partial charge >= 0.3 is 7.82 Å². The molecule has 0 aromatic carbocycles. The summed E-state index contributed by atoms with van der Waals surface area (Å²) in [6.07, 6.45) is -0.996. The second kappa shape index (κ2) is 13.4. The number of β-amino-alcohol motifs (C(OH)–C–C–N with tert-alkyl or cyclic N) is 1. The summed E-state index contributed by atoms with van der Waals surface area (Å²) in [5, 5.41) is 12.6. The number of likely N-dealkylation sites (tertiary alicyclic amines) is 1. The highest BCUT2D eigenvalue weighted by molar-refractivity contribution is 7.47. The molecule has 0 aromatic heterocycles. The van der Waals surface area contributed by atoms with Gasteiger partial charge in [0, 0.05) is 19.0 Å². The van der Waals surface area contributed by atoms with Crippen LogP contribution in [-0.2, 0) is 32.7 Å². The van der Waals surface area contributed by atoms with Crippen molar-refractivity contribution in [1.29, 1.82) is 0 Å². The van der Waals surface area contributed by atoms with Crippen LogP contribution in [0.25, 0.3) is 0 Å². The third-order valence-electron chi connectivity index (χ3n) is 4.15. The van der Waals surface area contributed by atoms with Crippen LogP contribution in [0.3, 0.4) is 0 Å². The normalized spacial score (nSPS) is 21.3. The fraction of sp³-hybridized carbons (Fsp3) is 0.889. The van der Waals surface area contributed by atoms with Crippen LogP contribution in [-0.4, -0.2) is 91.1 Å². The topological polar surface area (TPSA) is 144 Å². The number of hydrogen-bond donors (Lipinski definition) is 3. The van der Waals surface area contributed by atoms with Crippen LogP contribution < -0.4 is 5.32 Å². The van der Waals surface area contributed by atoms with Crippen molar-refractivity contribution in [3.8, 4) is 0 Å². The maximum Gasteiger partial charge on any atom is 0.472 e. The average molecular weight is 454 g/mol. The molecular weight excluding hydrogens is 419 g/mol. The van der Waals surface area contributed by atoms with E-state index in [1.165, 1.54) is 4.90 Å². The van der Waals surface area contributed by atoms with Gasteiger partial charge in [0.1, 0.15) is 6.61 Å². The Morgan fingerprint density at radius 1 is 1.17 bits per heavy atom. The van der Waals surface area contributed by atoms with E-state index in [9.17, 15) is 24.2 Å². The van der Waals surface area contributed by atoms with Crippen LogP contribution in [0.1, 0.15) is 34.1 Å². The van der Waals surface area contributed by atoms with Gasteiger partial charge in [0.2, 0.25) is 11.8 Å². The van der Waals surface area contributed by atoms with Crippen molar-refractivity contribution in [2.75, 3.05) is 46.1 Å². The molecule has 1 rings (SSSR count). The minimum absolute atomic E-state index is 0.0416. The van der Waals surface area contributed by atoms with Crippen molar-refractivity contribution in [2.24, 2.45) is 5.92 Å². The van der Waals surface area contributed by atoms with E-state index in [2.05, 4.69) is 5.32 Å². The van der Waals surface area contributed by atoms with Crippen molar-refractivity contribution in [3.05, 3.63) is 0 Å². The SMILES string of the molecule is CC(C)OP(=O)(O)OC[C@@H]1C[C@@H](O)CN1C(=O)COCCOCCNC(=O)C(C)C. The number of amides is 2. The van der Waals surface area contributed by atoms with Gasteiger partial charge < -0.3 is 29.7 Å². The summed E-state index contributed by atoms with van der Waals surface area (Å²) in [6, 6.07) is -0.548. The van der Waals surface area contributed by atoms with E-state index in [1.807, 2.05) is 0 Å². The number of nitrogens with one attached hydrogen (secondary N) is 1. The quantitative estimate of drug-likeness (QED) is 0.249. The Morgan fingerprint density at radius 3 is 2.47 bits per heavy atom. The number of ether oxygens (including phenoxy) is 2. The van der Waals surface area contributed by atoms with Crippen LogP contribution in [0.2, 0.25) is 0 Å². The molecule has 0 radical (unpaired) electrons. The molecule has 11 nitrogen and oxygen atoms in total. The monoisotopic (exact) mass is 454 g/mol. The van der Waals surface area contributed by atoms with Crippen LogP contribution in [0.15, 0.2) is 0 Å². The third kappa shape index (κ3) is 10.8. The number of rotatable bonds is 14. The Hall–Kier alpha value is -1.07. The molecule has 3 atom stereocenters. The predicted molar refractivity (Wildman–Crippen MR) is 108 cm³/mol. The second-order valence-corrected chi connectivity index (χ2v) is 9.02. The number of phosphoric ester groups is 1. The Balaban J connectivity index is 2.26. The molecule has 1 saturated heterocycles. The summed E-state index contributed by atoms with van der Waals surface area (Å²) < 4.78 is 32.2. The fourth-order valence-electron chi connectivity index (χ4n) is 2.75. The standard InChI is InChI=1S/C18H35N2O9P/c1-13(2)18(23)19-5-6-26-7-8-27-12-17(22)20-10-16(21)9-15(20)11-28-30(24,25)29-14(3)4/h13-16,21H,5-12H2,1-4H3,(H,19,23)(H,24,25)/t15-,16+/m0/s1. The molecule has 0 aliphatic carbocycles. The first-order valence-corrected chi connectivity index (χ1v) is 11.6. The number of carbonyl (C=O) groups is 2. The Kier molecular flexibility index (Phi) is 12.0. The van der Waals surface area contributed by atoms with Gasteiger partial charge in [0.05, 0.1) is 44.7 Å². The lowest BCUT2D eigenvalue weighted by Crippen LogP contribution is -2.40. The smallest absolute Gasteiger partial charge is 0.391 e. The van der Waals surface area contributed by atoms with E-state index in [4.69, 9.17) is 18.5 Å². The van der Waals surface area contributed by atoms with E-state index >= 15 is 0 Å². The van der Waals surface area contributed by atoms with Crippen LogP contribution in [0.4, 0.5) is 0 Å². The van der Waals surface area contributed by atoms with Crippen molar-refractivity contribution < 1.29 is 42.7 Å². The summed E-state index contributed by atoms with van der Waals surface area (Å²) in [4.78, 5) is 34.8. The molecule has 176 valence electrons. The molecule has 2 amide bonds. The predicted octanol–water partition coefficient (Wildman–Crippen LogP) is 0.296. The third-order valence-corrected chi connectivity index (χ3v) is 5.32. The van der Waals surface area contributed by atoms with E-state index < -0.39 is 26.1 Å².